The number of rotatable bonds is 6. The van der Waals surface area contributed by atoms with Gasteiger partial charge in [0.15, 0.2) is 17.7 Å². The highest BCUT2D eigenvalue weighted by Gasteiger charge is 2.38. The van der Waals surface area contributed by atoms with Gasteiger partial charge in [0, 0.05) is 6.54 Å². The van der Waals surface area contributed by atoms with Crippen LogP contribution in [0.25, 0.3) is 0 Å². The van der Waals surface area contributed by atoms with E-state index in [0.717, 1.165) is 0 Å². The average Bonchev–Trinajstić information content (AvgIpc) is 2.35. The number of nitrogens with zero attached hydrogens (tertiary/aromatic N) is 2. The molecular formula is C10H15F3N4O2. The lowest BCUT2D eigenvalue weighted by Gasteiger charge is -2.17. The molecule has 19 heavy (non-hydrogen) atoms. The minimum atomic E-state index is -4.68. The third-order valence-electron chi connectivity index (χ3n) is 2.19. The molecule has 0 bridgehead atoms. The first-order valence-electron chi connectivity index (χ1n) is 5.51. The molecule has 0 saturated heterocycles. The number of nitrogens with one attached hydrogen (secondary N) is 2. The Bertz CT molecular complexity index is 414. The van der Waals surface area contributed by atoms with Gasteiger partial charge in [-0.1, -0.05) is 0 Å². The Hall–Kier alpha value is -1.77. The molecule has 0 aromatic carbocycles. The van der Waals surface area contributed by atoms with Gasteiger partial charge in [0.05, 0.1) is 13.7 Å². The van der Waals surface area contributed by atoms with Crippen molar-refractivity contribution in [2.75, 3.05) is 30.8 Å². The minimum absolute atomic E-state index is 0.0803. The zero-order chi connectivity index (χ0) is 14.5. The van der Waals surface area contributed by atoms with Crippen molar-refractivity contribution < 1.29 is 23.0 Å². The molecule has 1 heterocycles. The first-order valence-corrected chi connectivity index (χ1v) is 5.51. The van der Waals surface area contributed by atoms with Crippen LogP contribution in [0.2, 0.25) is 0 Å². The van der Waals surface area contributed by atoms with Gasteiger partial charge in [-0.3, -0.25) is 0 Å². The Labute approximate surface area is 108 Å². The second kappa shape index (κ2) is 6.41. The van der Waals surface area contributed by atoms with Gasteiger partial charge in [-0.05, 0) is 6.92 Å². The summed E-state index contributed by atoms with van der Waals surface area (Å²) in [4.78, 5) is 7.68. The maximum absolute atomic E-state index is 12.2. The highest BCUT2D eigenvalue weighted by molar-refractivity contribution is 5.63. The van der Waals surface area contributed by atoms with E-state index in [2.05, 4.69) is 20.6 Å². The van der Waals surface area contributed by atoms with Crippen LogP contribution < -0.4 is 15.4 Å². The molecule has 0 fully saturated rings. The fourth-order valence-corrected chi connectivity index (χ4v) is 1.30. The maximum atomic E-state index is 12.2. The molecule has 1 aromatic rings. The molecule has 9 heteroatoms. The van der Waals surface area contributed by atoms with Gasteiger partial charge in [0.25, 0.3) is 0 Å². The van der Waals surface area contributed by atoms with Crippen LogP contribution in [0, 0.1) is 0 Å². The SMILES string of the molecule is CCNc1ncnc(NCC(O)C(F)(F)F)c1OC. The largest absolute Gasteiger partial charge is 0.490 e. The zero-order valence-electron chi connectivity index (χ0n) is 10.5. The summed E-state index contributed by atoms with van der Waals surface area (Å²) in [6, 6.07) is 0. The number of ether oxygens (including phenoxy) is 1. The highest BCUT2D eigenvalue weighted by atomic mass is 19.4. The zero-order valence-corrected chi connectivity index (χ0v) is 10.5. The Balaban J connectivity index is 2.81. The predicted molar refractivity (Wildman–Crippen MR) is 63.3 cm³/mol. The monoisotopic (exact) mass is 280 g/mol. The Morgan fingerprint density at radius 3 is 2.37 bits per heavy atom. The third-order valence-corrected chi connectivity index (χ3v) is 2.19. The van der Waals surface area contributed by atoms with E-state index in [9.17, 15) is 13.2 Å². The lowest BCUT2D eigenvalue weighted by atomic mass is 10.3. The summed E-state index contributed by atoms with van der Waals surface area (Å²) in [6.45, 7) is 1.68. The molecule has 0 aliphatic rings. The van der Waals surface area contributed by atoms with Crippen molar-refractivity contribution in [3.05, 3.63) is 6.33 Å². The van der Waals surface area contributed by atoms with Crippen molar-refractivity contribution in [1.82, 2.24) is 9.97 Å². The summed E-state index contributed by atoms with van der Waals surface area (Å²) < 4.78 is 41.5. The van der Waals surface area contributed by atoms with Gasteiger partial charge < -0.3 is 20.5 Å². The van der Waals surface area contributed by atoms with E-state index < -0.39 is 18.8 Å². The molecule has 1 atom stereocenters. The Kier molecular flexibility index (Phi) is 5.16. The molecule has 0 radical (unpaired) electrons. The van der Waals surface area contributed by atoms with Gasteiger partial charge in [-0.15, -0.1) is 0 Å². The smallest absolute Gasteiger partial charge is 0.416 e. The molecular weight excluding hydrogens is 265 g/mol. The van der Waals surface area contributed by atoms with E-state index in [4.69, 9.17) is 9.84 Å². The van der Waals surface area contributed by atoms with E-state index in [1.807, 2.05) is 6.92 Å². The molecule has 6 nitrogen and oxygen atoms in total. The summed E-state index contributed by atoms with van der Waals surface area (Å²) >= 11 is 0. The molecule has 0 aliphatic carbocycles. The molecule has 0 spiro atoms. The van der Waals surface area contributed by atoms with Crippen molar-refractivity contribution in [1.29, 1.82) is 0 Å². The number of hydrogen-bond acceptors (Lipinski definition) is 6. The molecule has 0 saturated carbocycles. The number of aliphatic hydroxyl groups excluding tert-OH is 1. The van der Waals surface area contributed by atoms with Gasteiger partial charge in [0.1, 0.15) is 6.33 Å². The molecule has 108 valence electrons. The van der Waals surface area contributed by atoms with E-state index in [0.29, 0.717) is 12.4 Å². The fourth-order valence-electron chi connectivity index (χ4n) is 1.30. The van der Waals surface area contributed by atoms with Gasteiger partial charge in [0.2, 0.25) is 5.75 Å². The van der Waals surface area contributed by atoms with Crippen LogP contribution in [0.5, 0.6) is 5.75 Å². The molecule has 1 rings (SSSR count). The van der Waals surface area contributed by atoms with E-state index >= 15 is 0 Å². The van der Waals surface area contributed by atoms with E-state index in [-0.39, 0.29) is 11.6 Å². The normalized spacial score (nSPS) is 12.9. The number of anilines is 2. The van der Waals surface area contributed by atoms with Crippen molar-refractivity contribution in [2.45, 2.75) is 19.2 Å². The molecule has 1 aromatic heterocycles. The Morgan fingerprint density at radius 1 is 1.32 bits per heavy atom. The van der Waals surface area contributed by atoms with Crippen LogP contribution in [-0.4, -0.2) is 47.6 Å². The van der Waals surface area contributed by atoms with Gasteiger partial charge in [-0.25, -0.2) is 9.97 Å². The van der Waals surface area contributed by atoms with Crippen molar-refractivity contribution in [3.8, 4) is 5.75 Å². The van der Waals surface area contributed by atoms with E-state index in [1.54, 1.807) is 0 Å². The fraction of sp³-hybridized carbons (Fsp3) is 0.600. The maximum Gasteiger partial charge on any atom is 0.416 e. The number of hydrogen-bond donors (Lipinski definition) is 3. The highest BCUT2D eigenvalue weighted by Crippen LogP contribution is 2.29. The minimum Gasteiger partial charge on any atom is -0.490 e. The van der Waals surface area contributed by atoms with Gasteiger partial charge in [-0.2, -0.15) is 13.2 Å². The molecule has 0 amide bonds. The summed E-state index contributed by atoms with van der Waals surface area (Å²) in [5.74, 6) is 0.638. The summed E-state index contributed by atoms with van der Waals surface area (Å²) in [7, 11) is 1.35. The van der Waals surface area contributed by atoms with Crippen molar-refractivity contribution in [3.63, 3.8) is 0 Å². The third kappa shape index (κ3) is 4.12. The number of methoxy groups -OCH3 is 1. The molecule has 1 unspecified atom stereocenters. The quantitative estimate of drug-likeness (QED) is 0.728. The van der Waals surface area contributed by atoms with E-state index in [1.165, 1.54) is 13.4 Å². The Morgan fingerprint density at radius 2 is 1.89 bits per heavy atom. The van der Waals surface area contributed by atoms with Crippen LogP contribution >= 0.6 is 0 Å². The average molecular weight is 280 g/mol. The standard InChI is InChI=1S/C10H15F3N4O2/c1-3-14-8-7(19-2)9(17-5-16-8)15-4-6(18)10(11,12)13/h5-6,18H,3-4H2,1-2H3,(H2,14,15,16,17). The summed E-state index contributed by atoms with van der Waals surface area (Å²) in [6.07, 6.45) is -5.98. The topological polar surface area (TPSA) is 79.3 Å². The number of aromatic nitrogens is 2. The number of aliphatic hydroxyl groups is 1. The van der Waals surface area contributed by atoms with Crippen LogP contribution in [0.15, 0.2) is 6.33 Å². The van der Waals surface area contributed by atoms with Crippen LogP contribution in [0.3, 0.4) is 0 Å². The van der Waals surface area contributed by atoms with Crippen molar-refractivity contribution in [2.24, 2.45) is 0 Å². The second-order valence-corrected chi connectivity index (χ2v) is 3.57. The predicted octanol–water partition coefficient (Wildman–Crippen LogP) is 1.25. The lowest BCUT2D eigenvalue weighted by molar-refractivity contribution is -0.198. The first-order chi connectivity index (χ1) is 8.90. The number of alkyl halides is 3. The van der Waals surface area contributed by atoms with Crippen LogP contribution in [0.1, 0.15) is 6.92 Å². The van der Waals surface area contributed by atoms with Crippen LogP contribution in [-0.2, 0) is 0 Å². The number of halogens is 3. The summed E-state index contributed by atoms with van der Waals surface area (Å²) in [5, 5.41) is 14.2. The summed E-state index contributed by atoms with van der Waals surface area (Å²) in [5.41, 5.74) is 0. The van der Waals surface area contributed by atoms with Crippen molar-refractivity contribution >= 4 is 11.6 Å². The second-order valence-electron chi connectivity index (χ2n) is 3.57. The lowest BCUT2D eigenvalue weighted by Crippen LogP contribution is -2.35. The van der Waals surface area contributed by atoms with Gasteiger partial charge >= 0.3 is 6.18 Å². The molecule has 0 aliphatic heterocycles. The van der Waals surface area contributed by atoms with Crippen LogP contribution in [0.4, 0.5) is 24.8 Å². The molecule has 3 N–H and O–H groups in total. The first kappa shape index (κ1) is 15.3.